The molecule has 1 N–H and O–H groups in total. The van der Waals surface area contributed by atoms with Gasteiger partial charge in [-0.05, 0) is 43.2 Å². The normalized spacial score (nSPS) is 22.8. The lowest BCUT2D eigenvalue weighted by molar-refractivity contribution is 0.0101. The summed E-state index contributed by atoms with van der Waals surface area (Å²) in [6.45, 7) is 0.535. The molecule has 0 spiro atoms. The Kier molecular flexibility index (Phi) is 6.52. The molecule has 2 aromatic rings. The van der Waals surface area contributed by atoms with Crippen LogP contribution in [0.5, 0.6) is 0 Å². The molecule has 2 bridgehead atoms. The highest BCUT2D eigenvalue weighted by Crippen LogP contribution is 2.34. The van der Waals surface area contributed by atoms with Gasteiger partial charge in [0.2, 0.25) is 0 Å². The molecule has 2 aromatic carbocycles. The zero-order valence-electron chi connectivity index (χ0n) is 17.0. The number of rotatable bonds is 5. The standard InChI is InChI=1S/C24H28N2O4/c27-23(29-16-18-8-3-1-4-9-18)25-20-14-21-12-7-13-22(15-20)26(21)24(28)30-17-19-10-5-2-6-11-19/h1-6,8-11,20-22H,7,12-17H2,(H,25,27). The molecule has 0 radical (unpaired) electrons. The number of carbonyl (C=O) groups excluding carboxylic acids is 2. The van der Waals surface area contributed by atoms with Crippen molar-refractivity contribution in [2.45, 2.75) is 63.4 Å². The molecular formula is C24H28N2O4. The van der Waals surface area contributed by atoms with Crippen molar-refractivity contribution in [1.82, 2.24) is 10.2 Å². The zero-order valence-corrected chi connectivity index (χ0v) is 17.0. The Bertz CT molecular complexity index is 829. The lowest BCUT2D eigenvalue weighted by atomic mass is 9.82. The monoisotopic (exact) mass is 408 g/mol. The van der Waals surface area contributed by atoms with E-state index in [0.29, 0.717) is 0 Å². The van der Waals surface area contributed by atoms with Gasteiger partial charge in [0.15, 0.2) is 0 Å². The van der Waals surface area contributed by atoms with Crippen molar-refractivity contribution in [1.29, 1.82) is 0 Å². The van der Waals surface area contributed by atoms with Gasteiger partial charge < -0.3 is 19.7 Å². The van der Waals surface area contributed by atoms with Crippen LogP contribution >= 0.6 is 0 Å². The number of amides is 2. The molecule has 4 rings (SSSR count). The fourth-order valence-corrected chi connectivity index (χ4v) is 4.52. The number of nitrogens with zero attached hydrogens (tertiary/aromatic N) is 1. The van der Waals surface area contributed by atoms with E-state index in [1.807, 2.05) is 65.6 Å². The van der Waals surface area contributed by atoms with Crippen LogP contribution < -0.4 is 5.32 Å². The smallest absolute Gasteiger partial charge is 0.410 e. The van der Waals surface area contributed by atoms with E-state index in [1.54, 1.807) is 0 Å². The summed E-state index contributed by atoms with van der Waals surface area (Å²) in [4.78, 5) is 26.9. The van der Waals surface area contributed by atoms with Gasteiger partial charge in [-0.3, -0.25) is 0 Å². The molecular weight excluding hydrogens is 380 g/mol. The third-order valence-corrected chi connectivity index (χ3v) is 5.93. The van der Waals surface area contributed by atoms with E-state index in [9.17, 15) is 9.59 Å². The van der Waals surface area contributed by atoms with Crippen LogP contribution in [0, 0.1) is 0 Å². The lowest BCUT2D eigenvalue weighted by Gasteiger charge is -2.48. The first-order valence-electron chi connectivity index (χ1n) is 10.7. The molecule has 6 nitrogen and oxygen atoms in total. The summed E-state index contributed by atoms with van der Waals surface area (Å²) in [5.74, 6) is 0. The maximum absolute atomic E-state index is 12.8. The third-order valence-electron chi connectivity index (χ3n) is 5.93. The van der Waals surface area contributed by atoms with Gasteiger partial charge in [0.25, 0.3) is 0 Å². The van der Waals surface area contributed by atoms with Crippen molar-refractivity contribution in [3.8, 4) is 0 Å². The predicted octanol–water partition coefficient (Wildman–Crippen LogP) is 4.64. The molecule has 2 atom stereocenters. The second-order valence-corrected chi connectivity index (χ2v) is 8.06. The SMILES string of the molecule is O=C(NC1CC2CCCC(C1)N2C(=O)OCc1ccccc1)OCc1ccccc1. The molecule has 2 heterocycles. The van der Waals surface area contributed by atoms with Crippen molar-refractivity contribution in [2.75, 3.05) is 0 Å². The average molecular weight is 408 g/mol. The van der Waals surface area contributed by atoms with Gasteiger partial charge in [-0.1, -0.05) is 60.7 Å². The van der Waals surface area contributed by atoms with Crippen LogP contribution in [-0.2, 0) is 22.7 Å². The minimum Gasteiger partial charge on any atom is -0.445 e. The van der Waals surface area contributed by atoms with Gasteiger partial charge in [-0.25, -0.2) is 9.59 Å². The van der Waals surface area contributed by atoms with Crippen molar-refractivity contribution >= 4 is 12.2 Å². The van der Waals surface area contributed by atoms with E-state index in [0.717, 1.165) is 43.2 Å². The molecule has 6 heteroatoms. The van der Waals surface area contributed by atoms with Crippen molar-refractivity contribution in [3.63, 3.8) is 0 Å². The molecule has 0 aromatic heterocycles. The lowest BCUT2D eigenvalue weighted by Crippen LogP contribution is -2.58. The van der Waals surface area contributed by atoms with Crippen LogP contribution in [0.25, 0.3) is 0 Å². The summed E-state index contributed by atoms with van der Waals surface area (Å²) in [5, 5.41) is 3.00. The summed E-state index contributed by atoms with van der Waals surface area (Å²) in [6, 6.07) is 19.6. The molecule has 2 saturated heterocycles. The molecule has 30 heavy (non-hydrogen) atoms. The van der Waals surface area contributed by atoms with Gasteiger partial charge in [0.1, 0.15) is 13.2 Å². The maximum atomic E-state index is 12.8. The van der Waals surface area contributed by atoms with E-state index in [2.05, 4.69) is 5.32 Å². The van der Waals surface area contributed by atoms with E-state index >= 15 is 0 Å². The number of carbonyl (C=O) groups is 2. The topological polar surface area (TPSA) is 67.9 Å². The highest BCUT2D eigenvalue weighted by molar-refractivity contribution is 5.70. The quantitative estimate of drug-likeness (QED) is 0.783. The van der Waals surface area contributed by atoms with Gasteiger partial charge in [-0.2, -0.15) is 0 Å². The summed E-state index contributed by atoms with van der Waals surface area (Å²) in [5.41, 5.74) is 1.94. The Balaban J connectivity index is 1.28. The van der Waals surface area contributed by atoms with Crippen LogP contribution in [0.15, 0.2) is 60.7 Å². The molecule has 2 fully saturated rings. The number of hydrogen-bond acceptors (Lipinski definition) is 4. The fourth-order valence-electron chi connectivity index (χ4n) is 4.52. The first-order chi connectivity index (χ1) is 14.7. The Labute approximate surface area is 177 Å². The van der Waals surface area contributed by atoms with Crippen LogP contribution in [0.1, 0.15) is 43.2 Å². The van der Waals surface area contributed by atoms with E-state index in [1.165, 1.54) is 0 Å². The van der Waals surface area contributed by atoms with Crippen LogP contribution in [-0.4, -0.2) is 35.2 Å². The van der Waals surface area contributed by atoms with Crippen LogP contribution in [0.2, 0.25) is 0 Å². The second-order valence-electron chi connectivity index (χ2n) is 8.06. The van der Waals surface area contributed by atoms with E-state index in [4.69, 9.17) is 9.47 Å². The molecule has 2 unspecified atom stereocenters. The molecule has 0 aliphatic carbocycles. The summed E-state index contributed by atoms with van der Waals surface area (Å²) >= 11 is 0. The highest BCUT2D eigenvalue weighted by atomic mass is 16.6. The molecule has 0 saturated carbocycles. The Morgan fingerprint density at radius 1 is 0.833 bits per heavy atom. The van der Waals surface area contributed by atoms with E-state index < -0.39 is 6.09 Å². The largest absolute Gasteiger partial charge is 0.445 e. The van der Waals surface area contributed by atoms with E-state index in [-0.39, 0.29) is 37.4 Å². The molecule has 2 amide bonds. The van der Waals surface area contributed by atoms with Crippen molar-refractivity contribution in [3.05, 3.63) is 71.8 Å². The number of nitrogens with one attached hydrogen (secondary N) is 1. The number of piperidine rings is 2. The first kappa shape index (κ1) is 20.3. The number of ether oxygens (including phenoxy) is 2. The molecule has 2 aliphatic rings. The summed E-state index contributed by atoms with van der Waals surface area (Å²) in [7, 11) is 0. The number of alkyl carbamates (subject to hydrolysis) is 1. The minimum atomic E-state index is -0.401. The van der Waals surface area contributed by atoms with Gasteiger partial charge in [-0.15, -0.1) is 0 Å². The van der Waals surface area contributed by atoms with Crippen molar-refractivity contribution in [2.24, 2.45) is 0 Å². The van der Waals surface area contributed by atoms with Gasteiger partial charge in [0.05, 0.1) is 0 Å². The molecule has 158 valence electrons. The van der Waals surface area contributed by atoms with Crippen LogP contribution in [0.3, 0.4) is 0 Å². The van der Waals surface area contributed by atoms with Gasteiger partial charge in [0, 0.05) is 18.1 Å². The number of benzene rings is 2. The number of fused-ring (bicyclic) bond motifs is 2. The predicted molar refractivity (Wildman–Crippen MR) is 113 cm³/mol. The Hall–Kier alpha value is -3.02. The Morgan fingerprint density at radius 3 is 1.93 bits per heavy atom. The fraction of sp³-hybridized carbons (Fsp3) is 0.417. The summed E-state index contributed by atoms with van der Waals surface area (Å²) < 4.78 is 10.9. The molecule has 2 aliphatic heterocycles. The zero-order chi connectivity index (χ0) is 20.8. The maximum Gasteiger partial charge on any atom is 0.410 e. The second kappa shape index (κ2) is 9.65. The number of hydrogen-bond donors (Lipinski definition) is 1. The first-order valence-corrected chi connectivity index (χ1v) is 10.7. The van der Waals surface area contributed by atoms with Crippen LogP contribution in [0.4, 0.5) is 9.59 Å². The summed E-state index contributed by atoms with van der Waals surface area (Å²) in [6.07, 6.45) is 3.79. The highest BCUT2D eigenvalue weighted by Gasteiger charge is 2.42. The average Bonchev–Trinajstić information content (AvgIpc) is 2.77. The Morgan fingerprint density at radius 2 is 1.37 bits per heavy atom. The minimum absolute atomic E-state index is 0.0155. The van der Waals surface area contributed by atoms with Gasteiger partial charge >= 0.3 is 12.2 Å². The van der Waals surface area contributed by atoms with Crippen molar-refractivity contribution < 1.29 is 19.1 Å². The third kappa shape index (κ3) is 5.12.